The van der Waals surface area contributed by atoms with Gasteiger partial charge in [-0.15, -0.1) is 0 Å². The van der Waals surface area contributed by atoms with Crippen molar-refractivity contribution in [3.05, 3.63) is 66.1 Å². The number of fused-ring (bicyclic) bond motifs is 1. The molecule has 90 valence electrons. The number of hydrogen-bond acceptors (Lipinski definition) is 1. The number of benzene rings is 1. The van der Waals surface area contributed by atoms with Crippen LogP contribution in [0.5, 0.6) is 0 Å². The summed E-state index contributed by atoms with van der Waals surface area (Å²) >= 11 is 0. The first-order valence-electron chi connectivity index (χ1n) is 6.27. The van der Waals surface area contributed by atoms with Gasteiger partial charge in [-0.3, -0.25) is 4.98 Å². The maximum absolute atomic E-state index is 4.15. The van der Waals surface area contributed by atoms with Gasteiger partial charge < -0.3 is 4.57 Å². The van der Waals surface area contributed by atoms with Crippen LogP contribution in [0.2, 0.25) is 0 Å². The van der Waals surface area contributed by atoms with Crippen LogP contribution < -0.4 is 0 Å². The Morgan fingerprint density at radius 2 is 2.11 bits per heavy atom. The zero-order chi connectivity index (χ0) is 12.4. The summed E-state index contributed by atoms with van der Waals surface area (Å²) < 4.78 is 2.31. The molecular formula is C16H16N2. The molecule has 0 N–H and O–H groups in total. The van der Waals surface area contributed by atoms with Crippen molar-refractivity contribution in [2.45, 2.75) is 19.9 Å². The summed E-state index contributed by atoms with van der Waals surface area (Å²) in [6.07, 6.45) is 6.94. The van der Waals surface area contributed by atoms with Crippen molar-refractivity contribution < 1.29 is 0 Å². The van der Waals surface area contributed by atoms with Crippen LogP contribution >= 0.6 is 0 Å². The molecule has 0 bridgehead atoms. The van der Waals surface area contributed by atoms with Crippen LogP contribution in [-0.4, -0.2) is 9.55 Å². The summed E-state index contributed by atoms with van der Waals surface area (Å²) in [7, 11) is 0. The molecule has 0 atom stereocenters. The molecule has 0 saturated carbocycles. The number of pyridine rings is 1. The second-order valence-corrected chi connectivity index (χ2v) is 4.68. The minimum Gasteiger partial charge on any atom is -0.347 e. The van der Waals surface area contributed by atoms with Gasteiger partial charge in [-0.25, -0.2) is 0 Å². The van der Waals surface area contributed by atoms with Crippen LogP contribution in [0.25, 0.3) is 10.9 Å². The molecule has 0 unspecified atom stereocenters. The molecule has 0 aliphatic rings. The molecule has 0 fully saturated rings. The minimum atomic E-state index is 0.998. The van der Waals surface area contributed by atoms with E-state index in [-0.39, 0.29) is 0 Å². The maximum Gasteiger partial charge on any atom is 0.0480 e. The number of aryl methyl sites for hydroxylation is 3. The Morgan fingerprint density at radius 1 is 1.17 bits per heavy atom. The highest BCUT2D eigenvalue weighted by atomic mass is 14.9. The second-order valence-electron chi connectivity index (χ2n) is 4.68. The fourth-order valence-corrected chi connectivity index (χ4v) is 2.31. The summed E-state index contributed by atoms with van der Waals surface area (Å²) in [5.74, 6) is 0. The normalized spacial score (nSPS) is 10.9. The summed E-state index contributed by atoms with van der Waals surface area (Å²) in [5.41, 5.74) is 3.91. The number of rotatable bonds is 3. The average Bonchev–Trinajstić information content (AvgIpc) is 2.80. The van der Waals surface area contributed by atoms with E-state index in [2.05, 4.69) is 53.0 Å². The van der Waals surface area contributed by atoms with Gasteiger partial charge in [0.1, 0.15) is 0 Å². The minimum absolute atomic E-state index is 0.998. The third-order valence-electron chi connectivity index (χ3n) is 3.29. The molecule has 3 rings (SSSR count). The molecular weight excluding hydrogens is 220 g/mol. The van der Waals surface area contributed by atoms with Crippen molar-refractivity contribution in [1.29, 1.82) is 0 Å². The summed E-state index contributed by atoms with van der Waals surface area (Å²) in [6.45, 7) is 3.13. The van der Waals surface area contributed by atoms with Gasteiger partial charge in [0.25, 0.3) is 0 Å². The van der Waals surface area contributed by atoms with E-state index in [1.807, 2.05) is 18.5 Å². The quantitative estimate of drug-likeness (QED) is 0.679. The van der Waals surface area contributed by atoms with Crippen LogP contribution in [0.3, 0.4) is 0 Å². The molecule has 2 nitrogen and oxygen atoms in total. The number of aromatic nitrogens is 2. The Kier molecular flexibility index (Phi) is 2.85. The Balaban J connectivity index is 1.83. The fraction of sp³-hybridized carbons (Fsp3) is 0.188. The SMILES string of the molecule is Cc1ccc2c(ccn2CCc2cccnc2)c1. The van der Waals surface area contributed by atoms with Crippen molar-refractivity contribution >= 4 is 10.9 Å². The van der Waals surface area contributed by atoms with E-state index in [4.69, 9.17) is 0 Å². The van der Waals surface area contributed by atoms with Crippen LogP contribution in [0, 0.1) is 6.92 Å². The third-order valence-corrected chi connectivity index (χ3v) is 3.29. The molecule has 18 heavy (non-hydrogen) atoms. The Morgan fingerprint density at radius 3 is 2.94 bits per heavy atom. The molecule has 0 saturated heterocycles. The van der Waals surface area contributed by atoms with Gasteiger partial charge in [-0.1, -0.05) is 17.7 Å². The zero-order valence-electron chi connectivity index (χ0n) is 10.5. The van der Waals surface area contributed by atoms with Crippen molar-refractivity contribution in [3.63, 3.8) is 0 Å². The molecule has 2 aromatic heterocycles. The van der Waals surface area contributed by atoms with Crippen molar-refractivity contribution in [3.8, 4) is 0 Å². The van der Waals surface area contributed by atoms with Gasteiger partial charge in [0.15, 0.2) is 0 Å². The predicted molar refractivity (Wildman–Crippen MR) is 74.6 cm³/mol. The molecule has 2 heteroatoms. The largest absolute Gasteiger partial charge is 0.347 e. The molecule has 0 radical (unpaired) electrons. The molecule has 1 aromatic carbocycles. The topological polar surface area (TPSA) is 17.8 Å². The lowest BCUT2D eigenvalue weighted by atomic mass is 10.2. The van der Waals surface area contributed by atoms with E-state index in [1.54, 1.807) is 0 Å². The van der Waals surface area contributed by atoms with Gasteiger partial charge in [-0.05, 0) is 48.6 Å². The van der Waals surface area contributed by atoms with E-state index in [9.17, 15) is 0 Å². The summed E-state index contributed by atoms with van der Waals surface area (Å²) in [6, 6.07) is 12.9. The van der Waals surface area contributed by atoms with E-state index in [0.29, 0.717) is 0 Å². The van der Waals surface area contributed by atoms with E-state index < -0.39 is 0 Å². The van der Waals surface area contributed by atoms with Crippen LogP contribution in [-0.2, 0) is 13.0 Å². The van der Waals surface area contributed by atoms with Gasteiger partial charge >= 0.3 is 0 Å². The van der Waals surface area contributed by atoms with Gasteiger partial charge in [0.2, 0.25) is 0 Å². The summed E-state index contributed by atoms with van der Waals surface area (Å²) in [4.78, 5) is 4.15. The lowest BCUT2D eigenvalue weighted by Gasteiger charge is -2.05. The molecule has 0 amide bonds. The van der Waals surface area contributed by atoms with Crippen LogP contribution in [0.1, 0.15) is 11.1 Å². The maximum atomic E-state index is 4.15. The highest BCUT2D eigenvalue weighted by Crippen LogP contribution is 2.17. The fourth-order valence-electron chi connectivity index (χ4n) is 2.31. The van der Waals surface area contributed by atoms with Gasteiger partial charge in [0, 0.05) is 30.7 Å². The average molecular weight is 236 g/mol. The monoisotopic (exact) mass is 236 g/mol. The predicted octanol–water partition coefficient (Wildman–Crippen LogP) is 3.59. The standard InChI is InChI=1S/C16H16N2/c1-13-4-5-16-15(11-13)7-10-18(16)9-6-14-3-2-8-17-12-14/h2-5,7-8,10-12H,6,9H2,1H3. The highest BCUT2D eigenvalue weighted by molar-refractivity contribution is 5.80. The first-order valence-corrected chi connectivity index (χ1v) is 6.27. The lowest BCUT2D eigenvalue weighted by Crippen LogP contribution is -1.99. The number of nitrogens with zero attached hydrogens (tertiary/aromatic N) is 2. The number of hydrogen-bond donors (Lipinski definition) is 0. The van der Waals surface area contributed by atoms with E-state index in [0.717, 1.165) is 13.0 Å². The zero-order valence-corrected chi connectivity index (χ0v) is 10.5. The molecule has 0 aliphatic heterocycles. The lowest BCUT2D eigenvalue weighted by molar-refractivity contribution is 0.721. The van der Waals surface area contributed by atoms with Crippen molar-refractivity contribution in [2.24, 2.45) is 0 Å². The summed E-state index contributed by atoms with van der Waals surface area (Å²) in [5, 5.41) is 1.32. The van der Waals surface area contributed by atoms with Crippen LogP contribution in [0.4, 0.5) is 0 Å². The Hall–Kier alpha value is -2.09. The smallest absolute Gasteiger partial charge is 0.0480 e. The van der Waals surface area contributed by atoms with E-state index >= 15 is 0 Å². The van der Waals surface area contributed by atoms with E-state index in [1.165, 1.54) is 22.0 Å². The molecule has 0 aliphatic carbocycles. The van der Waals surface area contributed by atoms with Crippen LogP contribution in [0.15, 0.2) is 55.0 Å². The molecule has 0 spiro atoms. The van der Waals surface area contributed by atoms with Gasteiger partial charge in [0.05, 0.1) is 0 Å². The van der Waals surface area contributed by atoms with Crippen molar-refractivity contribution in [2.75, 3.05) is 0 Å². The first-order chi connectivity index (χ1) is 8.83. The van der Waals surface area contributed by atoms with Gasteiger partial charge in [-0.2, -0.15) is 0 Å². The van der Waals surface area contributed by atoms with Crippen molar-refractivity contribution in [1.82, 2.24) is 9.55 Å². The third kappa shape index (κ3) is 2.14. The second kappa shape index (κ2) is 4.65. The highest BCUT2D eigenvalue weighted by Gasteiger charge is 2.01. The molecule has 2 heterocycles. The Labute approximate surface area is 107 Å². The Bertz CT molecular complexity index is 653. The first kappa shape index (κ1) is 11.0. The molecule has 3 aromatic rings.